The van der Waals surface area contributed by atoms with E-state index in [1.54, 1.807) is 0 Å². The lowest BCUT2D eigenvalue weighted by Gasteiger charge is -2.21. The van der Waals surface area contributed by atoms with E-state index in [0.29, 0.717) is 0 Å². The van der Waals surface area contributed by atoms with E-state index >= 15 is 0 Å². The highest BCUT2D eigenvalue weighted by Crippen LogP contribution is 2.61. The number of hydrogen-bond donors (Lipinski definition) is 0. The first kappa shape index (κ1) is 10.8. The highest BCUT2D eigenvalue weighted by Gasteiger charge is 2.89. The number of halogens is 8. The molecule has 0 radical (unpaired) electrons. The standard InChI is InChI=1S/C4ClF7O/c5-3(10)1(6,7)2(8,9)4(11,12)13-3. The van der Waals surface area contributed by atoms with Crippen molar-refractivity contribution in [2.24, 2.45) is 0 Å². The molecule has 0 bridgehead atoms. The topological polar surface area (TPSA) is 9.23 Å². The highest BCUT2D eigenvalue weighted by atomic mass is 35.5. The summed E-state index contributed by atoms with van der Waals surface area (Å²) in [4.78, 5) is 0. The van der Waals surface area contributed by atoms with E-state index in [-0.39, 0.29) is 0 Å². The van der Waals surface area contributed by atoms with Crippen LogP contribution in [0.15, 0.2) is 0 Å². The normalized spacial score (nSPS) is 40.6. The number of alkyl halides is 8. The van der Waals surface area contributed by atoms with Crippen molar-refractivity contribution >= 4 is 11.6 Å². The van der Waals surface area contributed by atoms with Crippen molar-refractivity contribution in [1.29, 1.82) is 0 Å². The van der Waals surface area contributed by atoms with Crippen LogP contribution >= 0.6 is 11.6 Å². The molecule has 1 aliphatic heterocycles. The Balaban J connectivity index is 3.24. The zero-order valence-corrected chi connectivity index (χ0v) is 6.19. The van der Waals surface area contributed by atoms with Crippen LogP contribution in [0.2, 0.25) is 0 Å². The third kappa shape index (κ3) is 1.04. The second kappa shape index (κ2) is 2.22. The SMILES string of the molecule is FC1(F)OC(F)(Cl)C(F)(F)C1(F)F. The third-order valence-electron chi connectivity index (χ3n) is 1.38. The van der Waals surface area contributed by atoms with Crippen LogP contribution in [-0.4, -0.2) is 23.3 Å². The molecule has 0 spiro atoms. The van der Waals surface area contributed by atoms with Gasteiger partial charge in [-0.1, -0.05) is 0 Å². The predicted octanol–water partition coefficient (Wildman–Crippen LogP) is 2.74. The molecule has 0 aliphatic carbocycles. The Morgan fingerprint density at radius 3 is 1.23 bits per heavy atom. The van der Waals surface area contributed by atoms with E-state index < -0.39 is 23.3 Å². The molecular formula is C4ClF7O. The van der Waals surface area contributed by atoms with Crippen LogP contribution in [0.1, 0.15) is 0 Å². The summed E-state index contributed by atoms with van der Waals surface area (Å²) in [6, 6.07) is 0. The first-order valence-corrected chi connectivity index (χ1v) is 3.05. The minimum absolute atomic E-state index is 2.43. The first-order chi connectivity index (χ1) is 5.46. The monoisotopic (exact) mass is 232 g/mol. The summed E-state index contributed by atoms with van der Waals surface area (Å²) in [6.07, 6.45) is -5.63. The van der Waals surface area contributed by atoms with E-state index in [1.165, 1.54) is 0 Å². The third-order valence-corrected chi connectivity index (χ3v) is 1.70. The fraction of sp³-hybridized carbons (Fsp3) is 1.00. The summed E-state index contributed by atoms with van der Waals surface area (Å²) >= 11 is 4.03. The Bertz CT molecular complexity index is 213. The maximum atomic E-state index is 12.2. The van der Waals surface area contributed by atoms with Crippen LogP contribution in [0.5, 0.6) is 0 Å². The second-order valence-electron chi connectivity index (χ2n) is 2.28. The van der Waals surface area contributed by atoms with Gasteiger partial charge in [-0.25, -0.2) is 0 Å². The zero-order valence-electron chi connectivity index (χ0n) is 5.43. The Kier molecular flexibility index (Phi) is 1.85. The molecular weight excluding hydrogens is 232 g/mol. The van der Waals surface area contributed by atoms with Crippen molar-refractivity contribution in [2.45, 2.75) is 23.3 Å². The van der Waals surface area contributed by atoms with Crippen LogP contribution in [0.4, 0.5) is 30.7 Å². The van der Waals surface area contributed by atoms with Crippen LogP contribution < -0.4 is 0 Å². The molecule has 0 aromatic rings. The summed E-state index contributed by atoms with van der Waals surface area (Å²) in [5.41, 5.74) is 0. The number of ether oxygens (including phenoxy) is 1. The van der Waals surface area contributed by atoms with Crippen molar-refractivity contribution < 1.29 is 35.5 Å². The van der Waals surface area contributed by atoms with Gasteiger partial charge in [-0.05, 0) is 11.6 Å². The van der Waals surface area contributed by atoms with E-state index in [2.05, 4.69) is 16.3 Å². The molecule has 0 aromatic heterocycles. The molecule has 0 amide bonds. The first-order valence-electron chi connectivity index (χ1n) is 2.67. The van der Waals surface area contributed by atoms with Gasteiger partial charge in [-0.15, -0.1) is 0 Å². The summed E-state index contributed by atoms with van der Waals surface area (Å²) in [5, 5.41) is -4.90. The molecule has 13 heavy (non-hydrogen) atoms. The molecule has 0 saturated carbocycles. The van der Waals surface area contributed by atoms with Gasteiger partial charge in [0.1, 0.15) is 0 Å². The van der Waals surface area contributed by atoms with Gasteiger partial charge in [0.2, 0.25) is 0 Å². The van der Waals surface area contributed by atoms with Gasteiger partial charge in [-0.3, -0.25) is 4.74 Å². The van der Waals surface area contributed by atoms with Crippen LogP contribution in [0.25, 0.3) is 0 Å². The highest BCUT2D eigenvalue weighted by molar-refractivity contribution is 6.22. The molecule has 0 N–H and O–H groups in total. The summed E-state index contributed by atoms with van der Waals surface area (Å²) in [7, 11) is 0. The van der Waals surface area contributed by atoms with Crippen LogP contribution in [-0.2, 0) is 4.74 Å². The van der Waals surface area contributed by atoms with Gasteiger partial charge in [0, 0.05) is 0 Å². The molecule has 1 saturated heterocycles. The minimum atomic E-state index is -5.98. The fourth-order valence-electron chi connectivity index (χ4n) is 0.655. The van der Waals surface area contributed by atoms with Gasteiger partial charge >= 0.3 is 23.3 Å². The molecule has 1 nitrogen and oxygen atoms in total. The molecule has 1 rings (SSSR count). The van der Waals surface area contributed by atoms with Crippen molar-refractivity contribution in [3.63, 3.8) is 0 Å². The summed E-state index contributed by atoms with van der Waals surface area (Å²) < 4.78 is 86.9. The van der Waals surface area contributed by atoms with E-state index in [0.717, 1.165) is 0 Å². The van der Waals surface area contributed by atoms with Gasteiger partial charge < -0.3 is 0 Å². The van der Waals surface area contributed by atoms with Crippen molar-refractivity contribution in [3.05, 3.63) is 0 Å². The molecule has 0 aromatic carbocycles. The van der Waals surface area contributed by atoms with Crippen LogP contribution in [0, 0.1) is 0 Å². The van der Waals surface area contributed by atoms with Crippen LogP contribution in [0.3, 0.4) is 0 Å². The molecule has 1 unspecified atom stereocenters. The van der Waals surface area contributed by atoms with Gasteiger partial charge in [0.15, 0.2) is 0 Å². The predicted molar refractivity (Wildman–Crippen MR) is 25.6 cm³/mol. The molecule has 1 atom stereocenters. The summed E-state index contributed by atoms with van der Waals surface area (Å²) in [6.45, 7) is 0. The number of hydrogen-bond acceptors (Lipinski definition) is 1. The molecule has 1 fully saturated rings. The van der Waals surface area contributed by atoms with Crippen molar-refractivity contribution in [1.82, 2.24) is 0 Å². The second-order valence-corrected chi connectivity index (χ2v) is 2.77. The smallest absolute Gasteiger partial charge is 0.259 e. The van der Waals surface area contributed by atoms with Gasteiger partial charge in [0.05, 0.1) is 0 Å². The molecule has 1 aliphatic rings. The zero-order chi connectivity index (χ0) is 10.7. The van der Waals surface area contributed by atoms with E-state index in [4.69, 9.17) is 0 Å². The van der Waals surface area contributed by atoms with E-state index in [9.17, 15) is 30.7 Å². The maximum absolute atomic E-state index is 12.2. The Morgan fingerprint density at radius 1 is 0.769 bits per heavy atom. The Hall–Kier alpha value is -0.240. The lowest BCUT2D eigenvalue weighted by Crippen LogP contribution is -2.50. The fourth-order valence-corrected chi connectivity index (χ4v) is 0.870. The number of rotatable bonds is 0. The molecule has 9 heteroatoms. The van der Waals surface area contributed by atoms with Gasteiger partial charge in [-0.2, -0.15) is 30.7 Å². The maximum Gasteiger partial charge on any atom is 0.429 e. The molecule has 1 heterocycles. The van der Waals surface area contributed by atoms with Gasteiger partial charge in [0.25, 0.3) is 0 Å². The Labute approximate surface area is 71.4 Å². The minimum Gasteiger partial charge on any atom is -0.259 e. The largest absolute Gasteiger partial charge is 0.429 e. The average molecular weight is 232 g/mol. The van der Waals surface area contributed by atoms with Crippen molar-refractivity contribution in [3.8, 4) is 0 Å². The van der Waals surface area contributed by atoms with Crippen molar-refractivity contribution in [2.75, 3.05) is 0 Å². The summed E-state index contributed by atoms with van der Waals surface area (Å²) in [5.74, 6) is -11.8. The molecule has 78 valence electrons. The lowest BCUT2D eigenvalue weighted by atomic mass is 10.2. The Morgan fingerprint density at radius 2 is 1.15 bits per heavy atom. The van der Waals surface area contributed by atoms with E-state index in [1.807, 2.05) is 0 Å². The lowest BCUT2D eigenvalue weighted by molar-refractivity contribution is -0.331. The average Bonchev–Trinajstić information content (AvgIpc) is 1.88. The quantitative estimate of drug-likeness (QED) is 0.461.